The summed E-state index contributed by atoms with van der Waals surface area (Å²) in [6.45, 7) is -0.549. The molecule has 0 saturated carbocycles. The Labute approximate surface area is 166 Å². The van der Waals surface area contributed by atoms with E-state index in [2.05, 4.69) is 14.0 Å². The monoisotopic (exact) mass is 511 g/mol. The van der Waals surface area contributed by atoms with Crippen LogP contribution in [0.25, 0.3) is 11.1 Å². The zero-order valence-electron chi connectivity index (χ0n) is 13.1. The Morgan fingerprint density at radius 1 is 1.22 bits per heavy atom. The molecule has 0 saturated heterocycles. The van der Waals surface area contributed by atoms with Gasteiger partial charge in [0, 0.05) is 20.8 Å². The van der Waals surface area contributed by atoms with E-state index in [0.717, 1.165) is 12.1 Å². The molecule has 2 aromatic carbocycles. The van der Waals surface area contributed by atoms with Crippen LogP contribution in [0.1, 0.15) is 0 Å². The summed E-state index contributed by atoms with van der Waals surface area (Å²) in [4.78, 5) is 12.4. The first kappa shape index (κ1) is 19.8. The largest absolute Gasteiger partial charge is 0.483 e. The Morgan fingerprint density at radius 2 is 1.89 bits per heavy atom. The van der Waals surface area contributed by atoms with Crippen molar-refractivity contribution in [1.82, 2.24) is 0 Å². The van der Waals surface area contributed by atoms with Gasteiger partial charge in [-0.05, 0) is 40.0 Å². The van der Waals surface area contributed by atoms with Crippen molar-refractivity contribution in [3.63, 3.8) is 0 Å². The first-order valence-corrected chi connectivity index (χ1v) is 8.83. The van der Waals surface area contributed by atoms with Crippen LogP contribution in [0.15, 0.2) is 18.2 Å². The summed E-state index contributed by atoms with van der Waals surface area (Å²) in [7, 11) is 2.17. The molecule has 3 rings (SSSR count). The maximum Gasteiger partial charge on any atom is 0.483 e. The number of carbonyl (C=O) groups excluding carboxylic acids is 1. The van der Waals surface area contributed by atoms with Crippen molar-refractivity contribution in [2.75, 3.05) is 11.4 Å². The van der Waals surface area contributed by atoms with Gasteiger partial charge in [0.25, 0.3) is 0 Å². The third-order valence-electron chi connectivity index (χ3n) is 3.80. The van der Waals surface area contributed by atoms with Gasteiger partial charge < -0.3 is 4.74 Å². The van der Waals surface area contributed by atoms with Crippen molar-refractivity contribution < 1.29 is 31.5 Å². The van der Waals surface area contributed by atoms with E-state index in [1.165, 1.54) is 0 Å². The fraction of sp³-hybridized carbons (Fsp3) is 0.118. The molecule has 140 valence electrons. The average Bonchev–Trinajstić information content (AvgIpc) is 2.58. The molecule has 0 radical (unpaired) electrons. The van der Waals surface area contributed by atoms with E-state index in [9.17, 15) is 26.7 Å². The number of halogens is 6. The molecule has 0 bridgehead atoms. The molecule has 0 N–H and O–H groups in total. The van der Waals surface area contributed by atoms with Crippen LogP contribution in [0.4, 0.5) is 27.6 Å². The van der Waals surface area contributed by atoms with Gasteiger partial charge in [-0.1, -0.05) is 5.92 Å². The zero-order chi connectivity index (χ0) is 20.1. The van der Waals surface area contributed by atoms with Gasteiger partial charge in [0.05, 0.1) is 12.2 Å². The lowest BCUT2D eigenvalue weighted by Crippen LogP contribution is -2.51. The van der Waals surface area contributed by atoms with Crippen LogP contribution in [0.2, 0.25) is 0 Å². The smallest absolute Gasteiger partial charge is 0.423 e. The first-order valence-electron chi connectivity index (χ1n) is 7.17. The summed E-state index contributed by atoms with van der Waals surface area (Å²) in [5, 5.41) is 0.158. The fourth-order valence-electron chi connectivity index (χ4n) is 2.60. The zero-order valence-corrected chi connectivity index (χ0v) is 16.4. The second kappa shape index (κ2) is 6.91. The summed E-state index contributed by atoms with van der Waals surface area (Å²) in [5.41, 5.74) is -1.13. The number of amides is 1. The average molecular weight is 511 g/mol. The van der Waals surface area contributed by atoms with Gasteiger partial charge in [-0.3, -0.25) is 9.69 Å². The first-order chi connectivity index (χ1) is 12.6. The lowest BCUT2D eigenvalue weighted by atomic mass is 10.0. The quantitative estimate of drug-likeness (QED) is 0.202. The van der Waals surface area contributed by atoms with Crippen molar-refractivity contribution >= 4 is 48.7 Å². The summed E-state index contributed by atoms with van der Waals surface area (Å²) in [5.74, 6) is -4.02. The number of anilines is 1. The van der Waals surface area contributed by atoms with Crippen LogP contribution in [-0.4, -0.2) is 18.6 Å². The summed E-state index contributed by atoms with van der Waals surface area (Å²) < 4.78 is 74.8. The van der Waals surface area contributed by atoms with Crippen molar-refractivity contribution in [3.8, 4) is 29.2 Å². The number of ether oxygens (including phenoxy) is 1. The maximum atomic E-state index is 14.6. The SMILES string of the molecule is C#CCN1C(=O)C(F)(F)Oc2cc(F)c(-c3c(F)c(F)cc(I)c3P)cc21. The van der Waals surface area contributed by atoms with Crippen LogP contribution < -0.4 is 14.9 Å². The molecular weight excluding hydrogens is 503 g/mol. The third kappa shape index (κ3) is 3.25. The number of rotatable bonds is 2. The Balaban J connectivity index is 2.30. The molecule has 0 aromatic heterocycles. The lowest BCUT2D eigenvalue weighted by Gasteiger charge is -2.32. The standard InChI is InChI=1S/C17H8F5INO2P/c1-2-3-24-11-4-7(13-14(20)9(19)5-10(23)15(13)27)8(18)6-12(11)26-17(21,22)16(24)25/h1,4-6H,3,27H2. The number of carbonyl (C=O) groups is 1. The molecular formula is C17H8F5INO2P. The molecule has 1 aliphatic heterocycles. The van der Waals surface area contributed by atoms with Crippen molar-refractivity contribution in [1.29, 1.82) is 0 Å². The molecule has 10 heteroatoms. The van der Waals surface area contributed by atoms with Gasteiger partial charge in [0.15, 0.2) is 17.4 Å². The molecule has 1 atom stereocenters. The topological polar surface area (TPSA) is 29.5 Å². The highest BCUT2D eigenvalue weighted by atomic mass is 127. The van der Waals surface area contributed by atoms with Gasteiger partial charge in [-0.15, -0.1) is 15.7 Å². The fourth-order valence-corrected chi connectivity index (χ4v) is 3.51. The molecule has 27 heavy (non-hydrogen) atoms. The van der Waals surface area contributed by atoms with Gasteiger partial charge in [-0.2, -0.15) is 8.78 Å². The summed E-state index contributed by atoms with van der Waals surface area (Å²) in [6.07, 6.45) is 0.884. The van der Waals surface area contributed by atoms with E-state index >= 15 is 0 Å². The molecule has 0 fully saturated rings. The van der Waals surface area contributed by atoms with E-state index in [1.54, 1.807) is 22.6 Å². The van der Waals surface area contributed by atoms with Crippen molar-refractivity contribution in [2.24, 2.45) is 0 Å². The second-order valence-electron chi connectivity index (χ2n) is 5.46. The maximum absolute atomic E-state index is 14.6. The van der Waals surface area contributed by atoms with Crippen LogP contribution >= 0.6 is 31.8 Å². The summed E-state index contributed by atoms with van der Waals surface area (Å²) >= 11 is 1.73. The molecule has 0 spiro atoms. The van der Waals surface area contributed by atoms with Gasteiger partial charge in [0.2, 0.25) is 0 Å². The minimum absolute atomic E-state index is 0.158. The van der Waals surface area contributed by atoms with Gasteiger partial charge >= 0.3 is 12.0 Å². The highest BCUT2D eigenvalue weighted by molar-refractivity contribution is 14.1. The molecule has 2 aromatic rings. The number of hydrogen-bond acceptors (Lipinski definition) is 2. The molecule has 1 aliphatic rings. The van der Waals surface area contributed by atoms with Crippen LogP contribution in [0.3, 0.4) is 0 Å². The lowest BCUT2D eigenvalue weighted by molar-refractivity contribution is -0.192. The normalized spacial score (nSPS) is 15.2. The predicted molar refractivity (Wildman–Crippen MR) is 101 cm³/mol. The van der Waals surface area contributed by atoms with E-state index in [-0.39, 0.29) is 11.0 Å². The van der Waals surface area contributed by atoms with Gasteiger partial charge in [0.1, 0.15) is 5.82 Å². The second-order valence-corrected chi connectivity index (χ2v) is 7.20. The Kier molecular flexibility index (Phi) is 5.08. The molecule has 1 unspecified atom stereocenters. The number of hydrogen-bond donors (Lipinski definition) is 0. The van der Waals surface area contributed by atoms with Gasteiger partial charge in [-0.25, -0.2) is 13.2 Å². The van der Waals surface area contributed by atoms with Crippen LogP contribution in [0.5, 0.6) is 5.75 Å². The predicted octanol–water partition coefficient (Wildman–Crippen LogP) is 3.83. The van der Waals surface area contributed by atoms with Crippen LogP contribution in [-0.2, 0) is 4.79 Å². The van der Waals surface area contributed by atoms with Crippen molar-refractivity contribution in [2.45, 2.75) is 6.11 Å². The number of fused-ring (bicyclic) bond motifs is 1. The summed E-state index contributed by atoms with van der Waals surface area (Å²) in [6, 6.07) is 2.43. The highest BCUT2D eigenvalue weighted by Crippen LogP contribution is 2.43. The number of alkyl halides is 2. The highest BCUT2D eigenvalue weighted by Gasteiger charge is 2.50. The number of benzene rings is 2. The van der Waals surface area contributed by atoms with E-state index in [1.807, 2.05) is 5.92 Å². The minimum atomic E-state index is -4.23. The van der Waals surface area contributed by atoms with Crippen molar-refractivity contribution in [3.05, 3.63) is 39.2 Å². The number of terminal acetylenes is 1. The molecule has 0 aliphatic carbocycles. The molecule has 1 heterocycles. The Hall–Kier alpha value is -1.92. The van der Waals surface area contributed by atoms with Crippen LogP contribution in [0, 0.1) is 33.4 Å². The minimum Gasteiger partial charge on any atom is -0.423 e. The van der Waals surface area contributed by atoms with E-state index in [0.29, 0.717) is 14.5 Å². The Morgan fingerprint density at radius 3 is 2.52 bits per heavy atom. The molecule has 1 amide bonds. The Bertz CT molecular complexity index is 995. The third-order valence-corrected chi connectivity index (χ3v) is 5.88. The molecule has 3 nitrogen and oxygen atoms in total. The van der Waals surface area contributed by atoms with E-state index < -0.39 is 52.9 Å². The number of nitrogens with zero attached hydrogens (tertiary/aromatic N) is 1. The van der Waals surface area contributed by atoms with E-state index in [4.69, 9.17) is 6.42 Å².